The molecule has 20 heavy (non-hydrogen) atoms. The Balaban J connectivity index is 1.79. The van der Waals surface area contributed by atoms with Gasteiger partial charge < -0.3 is 10.6 Å². The second-order valence-electron chi connectivity index (χ2n) is 5.34. The Labute approximate surface area is 130 Å². The topological polar surface area (TPSA) is 41.1 Å². The molecule has 1 aromatic rings. The molecule has 1 atom stereocenters. The van der Waals surface area contributed by atoms with Gasteiger partial charge in [-0.25, -0.2) is 0 Å². The fourth-order valence-corrected chi connectivity index (χ4v) is 2.73. The van der Waals surface area contributed by atoms with Crippen LogP contribution in [0.4, 0.5) is 0 Å². The molecule has 1 aliphatic rings. The Morgan fingerprint density at radius 3 is 2.65 bits per heavy atom. The van der Waals surface area contributed by atoms with Crippen LogP contribution in [0.15, 0.2) is 18.2 Å². The average molecular weight is 315 g/mol. The summed E-state index contributed by atoms with van der Waals surface area (Å²) in [4.78, 5) is 12.0. The van der Waals surface area contributed by atoms with Gasteiger partial charge in [-0.2, -0.15) is 0 Å². The van der Waals surface area contributed by atoms with Crippen LogP contribution in [0.25, 0.3) is 0 Å². The molecular weight excluding hydrogens is 295 g/mol. The summed E-state index contributed by atoms with van der Waals surface area (Å²) in [5.74, 6) is 0.0666. The van der Waals surface area contributed by atoms with Crippen molar-refractivity contribution in [2.75, 3.05) is 0 Å². The maximum Gasteiger partial charge on any atom is 0.237 e. The van der Waals surface area contributed by atoms with Gasteiger partial charge in [-0.05, 0) is 37.5 Å². The van der Waals surface area contributed by atoms with E-state index in [4.69, 9.17) is 23.2 Å². The van der Waals surface area contributed by atoms with Crippen molar-refractivity contribution in [1.29, 1.82) is 0 Å². The molecule has 5 heteroatoms. The molecule has 1 aliphatic carbocycles. The lowest BCUT2D eigenvalue weighted by atomic mass is 10.2. The third-order valence-corrected chi connectivity index (χ3v) is 4.43. The average Bonchev–Trinajstić information content (AvgIpc) is 2.92. The van der Waals surface area contributed by atoms with Gasteiger partial charge in [0.1, 0.15) is 0 Å². The van der Waals surface area contributed by atoms with Gasteiger partial charge in [-0.3, -0.25) is 4.79 Å². The zero-order chi connectivity index (χ0) is 14.5. The molecular formula is C15H20Cl2N2O. The highest BCUT2D eigenvalue weighted by atomic mass is 35.5. The van der Waals surface area contributed by atoms with Crippen molar-refractivity contribution < 1.29 is 4.79 Å². The van der Waals surface area contributed by atoms with Crippen LogP contribution in [0, 0.1) is 0 Å². The summed E-state index contributed by atoms with van der Waals surface area (Å²) in [6.07, 6.45) is 4.64. The molecule has 110 valence electrons. The molecule has 0 heterocycles. The Bertz CT molecular complexity index is 473. The maximum atomic E-state index is 12.0. The number of benzene rings is 1. The van der Waals surface area contributed by atoms with Crippen molar-refractivity contribution in [2.24, 2.45) is 0 Å². The number of nitrogens with one attached hydrogen (secondary N) is 2. The quantitative estimate of drug-likeness (QED) is 0.873. The maximum absolute atomic E-state index is 12.0. The molecule has 1 aromatic carbocycles. The first-order chi connectivity index (χ1) is 9.56. The van der Waals surface area contributed by atoms with Gasteiger partial charge >= 0.3 is 0 Å². The summed E-state index contributed by atoms with van der Waals surface area (Å²) in [6.45, 7) is 2.47. The highest BCUT2D eigenvalue weighted by Gasteiger charge is 2.20. The fraction of sp³-hybridized carbons (Fsp3) is 0.533. The first-order valence-corrected chi connectivity index (χ1v) is 7.79. The third kappa shape index (κ3) is 4.37. The lowest BCUT2D eigenvalue weighted by Gasteiger charge is -2.18. The Morgan fingerprint density at radius 1 is 1.30 bits per heavy atom. The molecule has 2 rings (SSSR count). The SMILES string of the molecule is C[C@H](NCc1ccc(Cl)c(Cl)c1)C(=O)NC1CCCC1. The van der Waals surface area contributed by atoms with Gasteiger partial charge in [0.2, 0.25) is 5.91 Å². The van der Waals surface area contributed by atoms with Crippen molar-refractivity contribution in [3.63, 3.8) is 0 Å². The number of rotatable bonds is 5. The summed E-state index contributed by atoms with van der Waals surface area (Å²) >= 11 is 11.8. The van der Waals surface area contributed by atoms with Crippen LogP contribution in [0.3, 0.4) is 0 Å². The molecule has 0 aromatic heterocycles. The van der Waals surface area contributed by atoms with E-state index in [-0.39, 0.29) is 11.9 Å². The Morgan fingerprint density at radius 2 is 2.00 bits per heavy atom. The number of hydrogen-bond acceptors (Lipinski definition) is 2. The number of carbonyl (C=O) groups is 1. The second kappa shape index (κ2) is 7.30. The normalized spacial score (nSPS) is 17.1. The van der Waals surface area contributed by atoms with E-state index in [1.807, 2.05) is 19.1 Å². The van der Waals surface area contributed by atoms with E-state index < -0.39 is 0 Å². The van der Waals surface area contributed by atoms with Crippen molar-refractivity contribution in [3.05, 3.63) is 33.8 Å². The standard InChI is InChI=1S/C15H20Cl2N2O/c1-10(15(20)19-12-4-2-3-5-12)18-9-11-6-7-13(16)14(17)8-11/h6-8,10,12,18H,2-5,9H2,1H3,(H,19,20)/t10-/m0/s1. The van der Waals surface area contributed by atoms with E-state index in [2.05, 4.69) is 10.6 Å². The zero-order valence-corrected chi connectivity index (χ0v) is 13.1. The van der Waals surface area contributed by atoms with E-state index in [0.29, 0.717) is 22.6 Å². The van der Waals surface area contributed by atoms with Crippen LogP contribution < -0.4 is 10.6 Å². The van der Waals surface area contributed by atoms with Crippen LogP contribution in [-0.2, 0) is 11.3 Å². The molecule has 1 amide bonds. The number of carbonyl (C=O) groups excluding carboxylic acids is 1. The molecule has 0 spiro atoms. The summed E-state index contributed by atoms with van der Waals surface area (Å²) in [5, 5.41) is 7.37. The summed E-state index contributed by atoms with van der Waals surface area (Å²) in [5.41, 5.74) is 1.01. The van der Waals surface area contributed by atoms with E-state index in [1.54, 1.807) is 6.07 Å². The van der Waals surface area contributed by atoms with Gasteiger partial charge in [0.05, 0.1) is 16.1 Å². The highest BCUT2D eigenvalue weighted by molar-refractivity contribution is 6.42. The number of halogens is 2. The Hall–Kier alpha value is -0.770. The minimum Gasteiger partial charge on any atom is -0.352 e. The molecule has 0 saturated heterocycles. The van der Waals surface area contributed by atoms with Crippen LogP contribution in [-0.4, -0.2) is 18.0 Å². The summed E-state index contributed by atoms with van der Waals surface area (Å²) < 4.78 is 0. The molecule has 0 aliphatic heterocycles. The molecule has 0 radical (unpaired) electrons. The van der Waals surface area contributed by atoms with Gasteiger partial charge in [0.15, 0.2) is 0 Å². The van der Waals surface area contributed by atoms with E-state index in [0.717, 1.165) is 18.4 Å². The predicted octanol–water partition coefficient (Wildman–Crippen LogP) is 3.53. The van der Waals surface area contributed by atoms with E-state index in [1.165, 1.54) is 12.8 Å². The number of amides is 1. The summed E-state index contributed by atoms with van der Waals surface area (Å²) in [7, 11) is 0. The van der Waals surface area contributed by atoms with Gasteiger partial charge in [-0.15, -0.1) is 0 Å². The molecule has 0 bridgehead atoms. The van der Waals surface area contributed by atoms with Crippen molar-refractivity contribution in [2.45, 2.75) is 51.2 Å². The van der Waals surface area contributed by atoms with E-state index in [9.17, 15) is 4.79 Å². The van der Waals surface area contributed by atoms with Crippen LogP contribution in [0.5, 0.6) is 0 Å². The first-order valence-electron chi connectivity index (χ1n) is 7.04. The fourth-order valence-electron chi connectivity index (χ4n) is 2.41. The van der Waals surface area contributed by atoms with Gasteiger partial charge in [-0.1, -0.05) is 42.1 Å². The minimum atomic E-state index is -0.218. The molecule has 3 nitrogen and oxygen atoms in total. The monoisotopic (exact) mass is 314 g/mol. The predicted molar refractivity (Wildman–Crippen MR) is 83.2 cm³/mol. The largest absolute Gasteiger partial charge is 0.352 e. The Kier molecular flexibility index (Phi) is 5.70. The van der Waals surface area contributed by atoms with Crippen LogP contribution in [0.1, 0.15) is 38.2 Å². The molecule has 1 saturated carbocycles. The number of hydrogen-bond donors (Lipinski definition) is 2. The third-order valence-electron chi connectivity index (χ3n) is 3.69. The van der Waals surface area contributed by atoms with Crippen molar-refractivity contribution in [1.82, 2.24) is 10.6 Å². The molecule has 2 N–H and O–H groups in total. The minimum absolute atomic E-state index is 0.0666. The summed E-state index contributed by atoms with van der Waals surface area (Å²) in [6, 6.07) is 5.63. The molecule has 0 unspecified atom stereocenters. The van der Waals surface area contributed by atoms with Gasteiger partial charge in [0.25, 0.3) is 0 Å². The zero-order valence-electron chi connectivity index (χ0n) is 11.6. The van der Waals surface area contributed by atoms with Gasteiger partial charge in [0, 0.05) is 12.6 Å². The van der Waals surface area contributed by atoms with E-state index >= 15 is 0 Å². The molecule has 1 fully saturated rings. The smallest absolute Gasteiger partial charge is 0.237 e. The first kappa shape index (κ1) is 15.6. The van der Waals surface area contributed by atoms with Crippen LogP contribution >= 0.6 is 23.2 Å². The lowest BCUT2D eigenvalue weighted by molar-refractivity contribution is -0.123. The highest BCUT2D eigenvalue weighted by Crippen LogP contribution is 2.22. The van der Waals surface area contributed by atoms with Crippen molar-refractivity contribution in [3.8, 4) is 0 Å². The van der Waals surface area contributed by atoms with Crippen molar-refractivity contribution >= 4 is 29.1 Å². The second-order valence-corrected chi connectivity index (χ2v) is 6.16. The van der Waals surface area contributed by atoms with Crippen LogP contribution in [0.2, 0.25) is 10.0 Å². The lowest BCUT2D eigenvalue weighted by Crippen LogP contribution is -2.45.